The molecule has 1 aliphatic heterocycles. The van der Waals surface area contributed by atoms with Gasteiger partial charge in [-0.15, -0.1) is 11.3 Å². The van der Waals surface area contributed by atoms with Gasteiger partial charge < -0.3 is 15.0 Å². The molecule has 3 rings (SSSR count). The lowest BCUT2D eigenvalue weighted by Crippen LogP contribution is -2.52. The van der Waals surface area contributed by atoms with Crippen LogP contribution in [-0.2, 0) is 20.9 Å². The molecule has 0 bridgehead atoms. The minimum absolute atomic E-state index is 0.0376. The van der Waals surface area contributed by atoms with Gasteiger partial charge in [-0.05, 0) is 31.9 Å². The summed E-state index contributed by atoms with van der Waals surface area (Å²) in [5, 5.41) is 14.6. The van der Waals surface area contributed by atoms with Crippen molar-refractivity contribution in [3.63, 3.8) is 0 Å². The molecule has 2 aromatic rings. The van der Waals surface area contributed by atoms with Crippen LogP contribution in [0, 0.1) is 17.2 Å². The van der Waals surface area contributed by atoms with E-state index in [1.54, 1.807) is 17.0 Å². The average Bonchev–Trinajstić information content (AvgIpc) is 3.21. The van der Waals surface area contributed by atoms with E-state index >= 15 is 0 Å². The third-order valence-corrected chi connectivity index (χ3v) is 6.04. The first-order chi connectivity index (χ1) is 14.0. The minimum Gasteiger partial charge on any atom is -0.375 e. The number of hydrogen-bond acceptors (Lipinski definition) is 6. The molecular weight excluding hydrogens is 388 g/mol. The monoisotopic (exact) mass is 412 g/mol. The van der Waals surface area contributed by atoms with Crippen LogP contribution in [-0.4, -0.2) is 48.0 Å². The maximum atomic E-state index is 12.7. The van der Waals surface area contributed by atoms with Crippen LogP contribution >= 0.6 is 11.3 Å². The number of piperidine rings is 1. The van der Waals surface area contributed by atoms with Crippen LogP contribution in [0.4, 0.5) is 0 Å². The van der Waals surface area contributed by atoms with Gasteiger partial charge in [0.2, 0.25) is 11.8 Å². The van der Waals surface area contributed by atoms with Gasteiger partial charge in [-0.1, -0.05) is 12.1 Å². The van der Waals surface area contributed by atoms with Gasteiger partial charge in [-0.2, -0.15) is 5.26 Å². The Bertz CT molecular complexity index is 903. The number of benzene rings is 1. The molecular formula is C21H24N4O3S. The third-order valence-electron chi connectivity index (χ3n) is 5.19. The molecule has 0 unspecified atom stereocenters. The minimum atomic E-state index is -0.234. The number of ether oxygens (including phenoxy) is 1. The van der Waals surface area contributed by atoms with Gasteiger partial charge in [0.1, 0.15) is 11.6 Å². The highest BCUT2D eigenvalue weighted by molar-refractivity contribution is 7.09. The van der Waals surface area contributed by atoms with Crippen LogP contribution in [0.2, 0.25) is 0 Å². The van der Waals surface area contributed by atoms with Crippen LogP contribution in [0.1, 0.15) is 30.3 Å². The number of nitriles is 1. The molecule has 152 valence electrons. The topological polar surface area (TPSA) is 95.3 Å². The van der Waals surface area contributed by atoms with E-state index in [0.717, 1.165) is 29.1 Å². The zero-order chi connectivity index (χ0) is 20.8. The number of likely N-dealkylation sites (tertiary alicyclic amines) is 1. The fraction of sp³-hybridized carbons (Fsp3) is 0.429. The SMILES string of the molecule is COCC(=O)N1CCC[C@H](C(=O)NCc2nc(-c3ccc(C#N)cc3)cs2)[C@@H]1C. The first-order valence-electron chi connectivity index (χ1n) is 9.54. The second-order valence-corrected chi connectivity index (χ2v) is 7.99. The number of thiazole rings is 1. The van der Waals surface area contributed by atoms with E-state index in [4.69, 9.17) is 10.00 Å². The number of nitrogens with one attached hydrogen (secondary N) is 1. The van der Waals surface area contributed by atoms with Gasteiger partial charge in [-0.25, -0.2) is 4.98 Å². The maximum Gasteiger partial charge on any atom is 0.248 e. The lowest BCUT2D eigenvalue weighted by Gasteiger charge is -2.38. The lowest BCUT2D eigenvalue weighted by atomic mass is 9.89. The van der Waals surface area contributed by atoms with Crippen molar-refractivity contribution < 1.29 is 14.3 Å². The molecule has 0 radical (unpaired) electrons. The summed E-state index contributed by atoms with van der Waals surface area (Å²) >= 11 is 1.48. The molecule has 1 aromatic heterocycles. The smallest absolute Gasteiger partial charge is 0.248 e. The number of aromatic nitrogens is 1. The van der Waals surface area contributed by atoms with Crippen LogP contribution in [0.5, 0.6) is 0 Å². The van der Waals surface area contributed by atoms with Gasteiger partial charge in [-0.3, -0.25) is 9.59 Å². The first-order valence-corrected chi connectivity index (χ1v) is 10.4. The van der Waals surface area contributed by atoms with Gasteiger partial charge >= 0.3 is 0 Å². The highest BCUT2D eigenvalue weighted by Crippen LogP contribution is 2.25. The van der Waals surface area contributed by atoms with Crippen molar-refractivity contribution in [3.8, 4) is 17.3 Å². The van der Waals surface area contributed by atoms with Gasteiger partial charge in [0.05, 0.1) is 29.8 Å². The molecule has 2 heterocycles. The fourth-order valence-corrected chi connectivity index (χ4v) is 4.33. The van der Waals surface area contributed by atoms with Gasteiger partial charge in [0.25, 0.3) is 0 Å². The number of amides is 2. The summed E-state index contributed by atoms with van der Waals surface area (Å²) in [5.41, 5.74) is 2.37. The molecule has 1 N–H and O–H groups in total. The molecule has 0 aliphatic carbocycles. The molecule has 2 amide bonds. The molecule has 7 nitrogen and oxygen atoms in total. The predicted octanol–water partition coefficient (Wildman–Crippen LogP) is 2.57. The van der Waals surface area contributed by atoms with Gasteiger partial charge in [0.15, 0.2) is 0 Å². The molecule has 1 fully saturated rings. The Hall–Kier alpha value is -2.76. The van der Waals surface area contributed by atoms with Gasteiger partial charge in [0, 0.05) is 30.6 Å². The molecule has 1 aliphatic rings. The molecule has 1 aromatic carbocycles. The summed E-state index contributed by atoms with van der Waals surface area (Å²) in [6.45, 7) is 2.97. The number of nitrogens with zero attached hydrogens (tertiary/aromatic N) is 3. The number of carbonyl (C=O) groups is 2. The average molecular weight is 413 g/mol. The zero-order valence-corrected chi connectivity index (χ0v) is 17.4. The Morgan fingerprint density at radius 1 is 1.38 bits per heavy atom. The van der Waals surface area contributed by atoms with Crippen molar-refractivity contribution in [2.75, 3.05) is 20.3 Å². The quantitative estimate of drug-likeness (QED) is 0.787. The largest absolute Gasteiger partial charge is 0.375 e. The van der Waals surface area contributed by atoms with E-state index in [-0.39, 0.29) is 30.4 Å². The van der Waals surface area contributed by atoms with Crippen molar-refractivity contribution in [3.05, 3.63) is 40.2 Å². The number of rotatable bonds is 6. The summed E-state index contributed by atoms with van der Waals surface area (Å²) in [6, 6.07) is 9.20. The fourth-order valence-electron chi connectivity index (χ4n) is 3.59. The summed E-state index contributed by atoms with van der Waals surface area (Å²) in [4.78, 5) is 31.2. The zero-order valence-electron chi connectivity index (χ0n) is 16.6. The van der Waals surface area contributed by atoms with Crippen molar-refractivity contribution in [2.24, 2.45) is 5.92 Å². The van der Waals surface area contributed by atoms with E-state index in [1.807, 2.05) is 24.4 Å². The number of hydrogen-bond donors (Lipinski definition) is 1. The summed E-state index contributed by atoms with van der Waals surface area (Å²) in [7, 11) is 1.50. The molecule has 2 atom stereocenters. The molecule has 8 heteroatoms. The van der Waals surface area contributed by atoms with E-state index in [9.17, 15) is 9.59 Å². The molecule has 0 saturated carbocycles. The van der Waals surface area contributed by atoms with E-state index in [2.05, 4.69) is 16.4 Å². The van der Waals surface area contributed by atoms with E-state index < -0.39 is 0 Å². The lowest BCUT2D eigenvalue weighted by molar-refractivity contribution is -0.142. The highest BCUT2D eigenvalue weighted by Gasteiger charge is 2.35. The van der Waals surface area contributed by atoms with E-state index in [1.165, 1.54) is 18.4 Å². The van der Waals surface area contributed by atoms with Crippen LogP contribution in [0.25, 0.3) is 11.3 Å². The van der Waals surface area contributed by atoms with Crippen LogP contribution in [0.3, 0.4) is 0 Å². The molecule has 0 spiro atoms. The van der Waals surface area contributed by atoms with Crippen molar-refractivity contribution in [1.29, 1.82) is 5.26 Å². The molecule has 29 heavy (non-hydrogen) atoms. The van der Waals surface area contributed by atoms with Crippen molar-refractivity contribution in [1.82, 2.24) is 15.2 Å². The number of carbonyl (C=O) groups excluding carboxylic acids is 2. The maximum absolute atomic E-state index is 12.7. The predicted molar refractivity (Wildman–Crippen MR) is 110 cm³/mol. The second kappa shape index (κ2) is 9.63. The second-order valence-electron chi connectivity index (χ2n) is 7.04. The summed E-state index contributed by atoms with van der Waals surface area (Å²) in [5.74, 6) is -0.366. The van der Waals surface area contributed by atoms with Crippen LogP contribution in [0.15, 0.2) is 29.6 Å². The first kappa shape index (κ1) is 21.0. The summed E-state index contributed by atoms with van der Waals surface area (Å²) < 4.78 is 4.94. The Morgan fingerprint density at radius 3 is 2.83 bits per heavy atom. The molecule has 1 saturated heterocycles. The summed E-state index contributed by atoms with van der Waals surface area (Å²) in [6.07, 6.45) is 1.57. The normalized spacial score (nSPS) is 18.9. The Labute approximate surface area is 174 Å². The number of methoxy groups -OCH3 is 1. The Balaban J connectivity index is 1.58. The Morgan fingerprint density at radius 2 is 2.14 bits per heavy atom. The van der Waals surface area contributed by atoms with E-state index in [0.29, 0.717) is 18.7 Å². The van der Waals surface area contributed by atoms with Crippen molar-refractivity contribution in [2.45, 2.75) is 32.4 Å². The Kier molecular flexibility index (Phi) is 6.96. The highest BCUT2D eigenvalue weighted by atomic mass is 32.1. The standard InChI is InChI=1S/C21H24N4O3S/c1-14-17(4-3-9-25(14)20(26)12-28-2)21(27)23-11-19-24-18(13-29-19)16-7-5-15(10-22)6-8-16/h5-8,13-14,17H,3-4,9,11-12H2,1-2H3,(H,23,27)/t14-,17-/m0/s1. The van der Waals surface area contributed by atoms with Crippen molar-refractivity contribution >= 4 is 23.2 Å². The van der Waals surface area contributed by atoms with Crippen LogP contribution < -0.4 is 5.32 Å². The third kappa shape index (κ3) is 5.00.